The third-order valence-corrected chi connectivity index (χ3v) is 3.01. The van der Waals surface area contributed by atoms with Crippen molar-refractivity contribution < 1.29 is 4.79 Å². The van der Waals surface area contributed by atoms with Crippen molar-refractivity contribution in [3.8, 4) is 0 Å². The minimum Gasteiger partial charge on any atom is -0.385 e. The fourth-order valence-electron chi connectivity index (χ4n) is 1.83. The molecule has 0 saturated carbocycles. The molecule has 100 valence electrons. The van der Waals surface area contributed by atoms with Gasteiger partial charge in [-0.05, 0) is 24.3 Å². The van der Waals surface area contributed by atoms with Crippen molar-refractivity contribution in [1.82, 2.24) is 14.8 Å². The van der Waals surface area contributed by atoms with Gasteiger partial charge in [0.15, 0.2) is 5.78 Å². The van der Waals surface area contributed by atoms with Crippen LogP contribution in [-0.2, 0) is 13.5 Å². The van der Waals surface area contributed by atoms with Crippen LogP contribution in [0.4, 0.5) is 5.69 Å². The predicted octanol–water partition coefficient (Wildman–Crippen LogP) is 2.06. The van der Waals surface area contributed by atoms with E-state index < -0.39 is 0 Å². The fourth-order valence-corrected chi connectivity index (χ4v) is 1.83. The second-order valence-corrected chi connectivity index (χ2v) is 4.39. The Morgan fingerprint density at radius 1 is 1.32 bits per heavy atom. The average Bonchev–Trinajstić information content (AvgIpc) is 2.84. The normalized spacial score (nSPS) is 10.4. The minimum atomic E-state index is 0.172. The summed E-state index contributed by atoms with van der Waals surface area (Å²) < 4.78 is 1.91. The van der Waals surface area contributed by atoms with Crippen molar-refractivity contribution in [3.05, 3.63) is 42.0 Å². The maximum Gasteiger partial charge on any atom is 0.162 e. The monoisotopic (exact) mass is 258 g/mol. The lowest BCUT2D eigenvalue weighted by Gasteiger charge is -2.06. The number of Topliss-reactive ketones (excluding diaryl/α,β-unsaturated/α-hetero) is 1. The van der Waals surface area contributed by atoms with Gasteiger partial charge in [0.1, 0.15) is 12.2 Å². The van der Waals surface area contributed by atoms with Gasteiger partial charge in [-0.25, -0.2) is 0 Å². The van der Waals surface area contributed by atoms with Crippen molar-refractivity contribution in [2.75, 3.05) is 11.9 Å². The Labute approximate surface area is 112 Å². The summed E-state index contributed by atoms with van der Waals surface area (Å²) in [6.07, 6.45) is 3.05. The van der Waals surface area contributed by atoms with E-state index >= 15 is 0 Å². The van der Waals surface area contributed by atoms with Crippen molar-refractivity contribution in [2.45, 2.75) is 19.8 Å². The quantitative estimate of drug-likeness (QED) is 0.806. The molecule has 0 radical (unpaired) electrons. The molecular formula is C14H18N4O. The fraction of sp³-hybridized carbons (Fsp3) is 0.357. The number of benzene rings is 1. The summed E-state index contributed by atoms with van der Waals surface area (Å²) in [5.41, 5.74) is 1.77. The Morgan fingerprint density at radius 3 is 2.63 bits per heavy atom. The van der Waals surface area contributed by atoms with Crippen molar-refractivity contribution in [3.63, 3.8) is 0 Å². The molecule has 0 amide bonds. The average molecular weight is 258 g/mol. The van der Waals surface area contributed by atoms with E-state index in [1.165, 1.54) is 0 Å². The summed E-state index contributed by atoms with van der Waals surface area (Å²) in [6, 6.07) is 7.58. The molecule has 0 aliphatic rings. The second-order valence-electron chi connectivity index (χ2n) is 4.39. The summed E-state index contributed by atoms with van der Waals surface area (Å²) in [4.78, 5) is 11.5. The lowest BCUT2D eigenvalue weighted by atomic mass is 10.1. The van der Waals surface area contributed by atoms with Crippen LogP contribution in [0.25, 0.3) is 0 Å². The van der Waals surface area contributed by atoms with Crippen molar-refractivity contribution in [1.29, 1.82) is 0 Å². The number of aromatic nitrogens is 3. The van der Waals surface area contributed by atoms with E-state index in [4.69, 9.17) is 0 Å². The number of nitrogens with one attached hydrogen (secondary N) is 1. The lowest BCUT2D eigenvalue weighted by molar-refractivity contribution is 0.0988. The van der Waals surface area contributed by atoms with Crippen LogP contribution < -0.4 is 5.32 Å². The van der Waals surface area contributed by atoms with E-state index in [2.05, 4.69) is 15.5 Å². The summed E-state index contributed by atoms with van der Waals surface area (Å²) in [5, 5.41) is 11.2. The maximum absolute atomic E-state index is 11.5. The molecule has 2 rings (SSSR count). The highest BCUT2D eigenvalue weighted by atomic mass is 16.1. The van der Waals surface area contributed by atoms with Crippen molar-refractivity contribution >= 4 is 11.5 Å². The second kappa shape index (κ2) is 6.13. The van der Waals surface area contributed by atoms with Gasteiger partial charge in [0.05, 0.1) is 0 Å². The first-order chi connectivity index (χ1) is 9.20. The molecule has 0 unspecified atom stereocenters. The van der Waals surface area contributed by atoms with Crippen LogP contribution in [0.5, 0.6) is 0 Å². The predicted molar refractivity (Wildman–Crippen MR) is 74.3 cm³/mol. The van der Waals surface area contributed by atoms with Crippen molar-refractivity contribution in [2.24, 2.45) is 7.05 Å². The highest BCUT2D eigenvalue weighted by Crippen LogP contribution is 2.11. The van der Waals surface area contributed by atoms with Gasteiger partial charge in [-0.3, -0.25) is 4.79 Å². The third-order valence-electron chi connectivity index (χ3n) is 3.01. The van der Waals surface area contributed by atoms with Crippen LogP contribution in [0.15, 0.2) is 30.6 Å². The SMILES string of the molecule is CCC(=O)c1ccc(NCCc2nncn2C)cc1. The zero-order chi connectivity index (χ0) is 13.7. The topological polar surface area (TPSA) is 59.8 Å². The molecule has 0 saturated heterocycles. The molecule has 5 heteroatoms. The van der Waals surface area contributed by atoms with Crippen LogP contribution in [0.2, 0.25) is 0 Å². The molecule has 0 aliphatic carbocycles. The Kier molecular flexibility index (Phi) is 4.28. The lowest BCUT2D eigenvalue weighted by Crippen LogP contribution is -2.08. The Balaban J connectivity index is 1.86. The molecule has 0 atom stereocenters. The summed E-state index contributed by atoms with van der Waals surface area (Å²) >= 11 is 0. The molecule has 0 aliphatic heterocycles. The van der Waals surface area contributed by atoms with E-state index in [1.54, 1.807) is 6.33 Å². The molecule has 1 heterocycles. The van der Waals surface area contributed by atoms with Gasteiger partial charge in [-0.2, -0.15) is 0 Å². The molecule has 5 nitrogen and oxygen atoms in total. The first-order valence-corrected chi connectivity index (χ1v) is 6.40. The number of hydrogen-bond acceptors (Lipinski definition) is 4. The number of aryl methyl sites for hydroxylation is 1. The van der Waals surface area contributed by atoms with E-state index in [0.717, 1.165) is 30.0 Å². The molecule has 1 aromatic carbocycles. The Hall–Kier alpha value is -2.17. The van der Waals surface area contributed by atoms with Crippen LogP contribution in [0, 0.1) is 0 Å². The van der Waals surface area contributed by atoms with Gasteiger partial charge in [-0.15, -0.1) is 10.2 Å². The highest BCUT2D eigenvalue weighted by Gasteiger charge is 2.03. The number of carbonyl (C=O) groups excluding carboxylic acids is 1. The zero-order valence-electron chi connectivity index (χ0n) is 11.3. The highest BCUT2D eigenvalue weighted by molar-refractivity contribution is 5.96. The first kappa shape index (κ1) is 13.3. The number of nitrogens with zero attached hydrogens (tertiary/aromatic N) is 3. The molecule has 0 bridgehead atoms. The van der Waals surface area contributed by atoms with Gasteiger partial charge in [0, 0.05) is 37.7 Å². The van der Waals surface area contributed by atoms with Crippen LogP contribution in [-0.4, -0.2) is 27.1 Å². The molecule has 0 fully saturated rings. The molecule has 0 spiro atoms. The van der Waals surface area contributed by atoms with E-state index in [-0.39, 0.29) is 5.78 Å². The number of rotatable bonds is 6. The number of carbonyl (C=O) groups is 1. The molecule has 1 aromatic heterocycles. The van der Waals surface area contributed by atoms with Gasteiger partial charge in [-0.1, -0.05) is 6.92 Å². The van der Waals surface area contributed by atoms with E-state index in [0.29, 0.717) is 6.42 Å². The number of hydrogen-bond donors (Lipinski definition) is 1. The maximum atomic E-state index is 11.5. The Morgan fingerprint density at radius 2 is 2.05 bits per heavy atom. The standard InChI is InChI=1S/C14H18N4O/c1-3-13(19)11-4-6-12(7-5-11)15-9-8-14-17-16-10-18(14)2/h4-7,10,15H,3,8-9H2,1-2H3. The summed E-state index contributed by atoms with van der Waals surface area (Å²) in [5.74, 6) is 1.12. The van der Waals surface area contributed by atoms with E-state index in [9.17, 15) is 4.79 Å². The van der Waals surface area contributed by atoms with Gasteiger partial charge >= 0.3 is 0 Å². The molecular weight excluding hydrogens is 240 g/mol. The summed E-state index contributed by atoms with van der Waals surface area (Å²) in [7, 11) is 1.93. The number of ketones is 1. The van der Waals surface area contributed by atoms with Crippen LogP contribution in [0.3, 0.4) is 0 Å². The molecule has 2 aromatic rings. The van der Waals surface area contributed by atoms with Crippen LogP contribution in [0.1, 0.15) is 29.5 Å². The molecule has 19 heavy (non-hydrogen) atoms. The summed E-state index contributed by atoms with van der Waals surface area (Å²) in [6.45, 7) is 2.66. The molecule has 1 N–H and O–H groups in total. The third kappa shape index (κ3) is 3.40. The zero-order valence-corrected chi connectivity index (χ0v) is 11.3. The van der Waals surface area contributed by atoms with Gasteiger partial charge in [0.25, 0.3) is 0 Å². The largest absolute Gasteiger partial charge is 0.385 e. The Bertz CT molecular complexity index is 545. The van der Waals surface area contributed by atoms with Gasteiger partial charge < -0.3 is 9.88 Å². The minimum absolute atomic E-state index is 0.172. The van der Waals surface area contributed by atoms with Gasteiger partial charge in [0.2, 0.25) is 0 Å². The first-order valence-electron chi connectivity index (χ1n) is 6.40. The van der Waals surface area contributed by atoms with E-state index in [1.807, 2.05) is 42.8 Å². The number of anilines is 1. The van der Waals surface area contributed by atoms with Crippen LogP contribution >= 0.6 is 0 Å². The smallest absolute Gasteiger partial charge is 0.162 e.